The van der Waals surface area contributed by atoms with Crippen LogP contribution in [0, 0.1) is 17.6 Å². The van der Waals surface area contributed by atoms with Crippen LogP contribution in [0.25, 0.3) is 11.0 Å². The topological polar surface area (TPSA) is 59.8 Å². The van der Waals surface area contributed by atoms with E-state index in [0.29, 0.717) is 43.8 Å². The third-order valence-corrected chi connectivity index (χ3v) is 6.37. The van der Waals surface area contributed by atoms with E-state index in [1.807, 2.05) is 36.9 Å². The van der Waals surface area contributed by atoms with Crippen molar-refractivity contribution in [2.75, 3.05) is 40.4 Å². The molecule has 1 aliphatic heterocycles. The molecule has 1 aromatic heterocycles. The Balaban J connectivity index is 1.48. The van der Waals surface area contributed by atoms with Gasteiger partial charge in [-0.1, -0.05) is 13.8 Å². The number of imidazole rings is 1. The molecule has 0 N–H and O–H groups in total. The van der Waals surface area contributed by atoms with E-state index in [0.717, 1.165) is 29.2 Å². The van der Waals surface area contributed by atoms with E-state index in [1.54, 1.807) is 18.8 Å². The number of hydrogen-bond acceptors (Lipinski definition) is 5. The van der Waals surface area contributed by atoms with E-state index < -0.39 is 17.7 Å². The van der Waals surface area contributed by atoms with Crippen molar-refractivity contribution < 1.29 is 23.0 Å². The van der Waals surface area contributed by atoms with Crippen molar-refractivity contribution in [3.63, 3.8) is 0 Å². The van der Waals surface area contributed by atoms with Crippen LogP contribution in [0.5, 0.6) is 11.5 Å². The average molecular weight is 473 g/mol. The lowest BCUT2D eigenvalue weighted by molar-refractivity contribution is -0.137. The van der Waals surface area contributed by atoms with E-state index in [-0.39, 0.29) is 11.8 Å². The van der Waals surface area contributed by atoms with Crippen LogP contribution in [0.1, 0.15) is 25.5 Å². The van der Waals surface area contributed by atoms with E-state index in [2.05, 4.69) is 9.88 Å². The van der Waals surface area contributed by atoms with Gasteiger partial charge in [0.05, 0.1) is 31.6 Å². The van der Waals surface area contributed by atoms with Crippen molar-refractivity contribution in [2.24, 2.45) is 5.92 Å². The van der Waals surface area contributed by atoms with E-state index in [9.17, 15) is 13.6 Å². The zero-order valence-corrected chi connectivity index (χ0v) is 19.9. The first-order valence-corrected chi connectivity index (χ1v) is 11.4. The average Bonchev–Trinajstić information content (AvgIpc) is 3.21. The van der Waals surface area contributed by atoms with Gasteiger partial charge in [0.15, 0.2) is 11.6 Å². The van der Waals surface area contributed by atoms with Crippen LogP contribution in [0.3, 0.4) is 0 Å². The molecule has 1 atom stereocenters. The highest BCUT2D eigenvalue weighted by Gasteiger charge is 2.32. The number of nitrogens with zero attached hydrogens (tertiary/aromatic N) is 4. The summed E-state index contributed by atoms with van der Waals surface area (Å²) >= 11 is 0. The van der Waals surface area contributed by atoms with Gasteiger partial charge in [0.2, 0.25) is 5.91 Å². The molecule has 0 spiro atoms. The Morgan fingerprint density at radius 2 is 1.74 bits per heavy atom. The lowest BCUT2D eigenvalue weighted by Gasteiger charge is -2.37. The molecule has 9 heteroatoms. The first-order valence-electron chi connectivity index (χ1n) is 11.4. The van der Waals surface area contributed by atoms with Gasteiger partial charge in [-0.25, -0.2) is 13.8 Å². The summed E-state index contributed by atoms with van der Waals surface area (Å²) in [5, 5.41) is 0. The fraction of sp³-hybridized carbons (Fsp3) is 0.440. The number of fused-ring (bicyclic) bond motifs is 1. The van der Waals surface area contributed by atoms with Gasteiger partial charge >= 0.3 is 0 Å². The normalized spacial score (nSPS) is 15.7. The van der Waals surface area contributed by atoms with Gasteiger partial charge in [0.25, 0.3) is 0 Å². The summed E-state index contributed by atoms with van der Waals surface area (Å²) in [6.07, 6.45) is 1.50. The molecule has 0 bridgehead atoms. The molecule has 0 aliphatic carbocycles. The van der Waals surface area contributed by atoms with Crippen molar-refractivity contribution in [3.05, 3.63) is 53.9 Å². The molecular formula is C25H30F2N4O3. The maximum Gasteiger partial charge on any atom is 0.246 e. The Morgan fingerprint density at radius 1 is 1.03 bits per heavy atom. The maximum absolute atomic E-state index is 13.9. The Labute approximate surface area is 197 Å². The lowest BCUT2D eigenvalue weighted by atomic mass is 10.0. The van der Waals surface area contributed by atoms with Crippen LogP contribution in [-0.2, 0) is 11.3 Å². The van der Waals surface area contributed by atoms with Gasteiger partial charge in [-0.2, -0.15) is 0 Å². The van der Waals surface area contributed by atoms with Crippen molar-refractivity contribution in [1.82, 2.24) is 19.4 Å². The summed E-state index contributed by atoms with van der Waals surface area (Å²) in [5.74, 6) is -0.433. The predicted octanol–water partition coefficient (Wildman–Crippen LogP) is 3.87. The monoisotopic (exact) mass is 472 g/mol. The van der Waals surface area contributed by atoms with Crippen molar-refractivity contribution >= 4 is 16.9 Å². The molecule has 1 amide bonds. The molecule has 34 heavy (non-hydrogen) atoms. The number of hydrogen-bond donors (Lipinski definition) is 0. The summed E-state index contributed by atoms with van der Waals surface area (Å²) in [6, 6.07) is 7.35. The number of aromatic nitrogens is 2. The van der Waals surface area contributed by atoms with Crippen LogP contribution in [0.15, 0.2) is 36.7 Å². The minimum absolute atomic E-state index is 0.0438. The summed E-state index contributed by atoms with van der Waals surface area (Å²) < 4.78 is 40.0. The van der Waals surface area contributed by atoms with Gasteiger partial charge in [-0.05, 0) is 24.1 Å². The number of methoxy groups -OCH3 is 2. The Kier molecular flexibility index (Phi) is 7.02. The fourth-order valence-corrected chi connectivity index (χ4v) is 4.53. The highest BCUT2D eigenvalue weighted by molar-refractivity contribution is 5.84. The Morgan fingerprint density at radius 3 is 2.38 bits per heavy atom. The molecular weight excluding hydrogens is 442 g/mol. The van der Waals surface area contributed by atoms with Crippen LogP contribution < -0.4 is 9.47 Å². The second kappa shape index (κ2) is 9.97. The van der Waals surface area contributed by atoms with Crippen molar-refractivity contribution in [2.45, 2.75) is 26.4 Å². The zero-order valence-electron chi connectivity index (χ0n) is 19.9. The number of amides is 1. The second-order valence-corrected chi connectivity index (χ2v) is 8.87. The second-order valence-electron chi connectivity index (χ2n) is 8.87. The van der Waals surface area contributed by atoms with E-state index in [1.165, 1.54) is 6.33 Å². The molecule has 182 valence electrons. The Hall–Kier alpha value is -3.20. The first-order chi connectivity index (χ1) is 16.3. The molecule has 0 saturated carbocycles. The third kappa shape index (κ3) is 4.70. The molecule has 1 saturated heterocycles. The van der Waals surface area contributed by atoms with Gasteiger partial charge in [-0.3, -0.25) is 9.69 Å². The highest BCUT2D eigenvalue weighted by atomic mass is 19.2. The number of benzene rings is 2. The van der Waals surface area contributed by atoms with Gasteiger partial charge in [0.1, 0.15) is 17.5 Å². The van der Waals surface area contributed by atoms with Crippen molar-refractivity contribution in [1.29, 1.82) is 0 Å². The smallest absolute Gasteiger partial charge is 0.246 e. The standard InChI is InChI=1S/C25H30F2N4O3/c1-16(2)24(31-15-28-21-12-19(26)20(27)13-22(21)31)25(32)30-9-7-29(8-10-30)14-17-11-18(33-3)5-6-23(17)34-4/h5-6,11-13,15-16,24H,7-10,14H2,1-4H3. The van der Waals surface area contributed by atoms with Crippen LogP contribution in [-0.4, -0.2) is 65.7 Å². The van der Waals surface area contributed by atoms with Gasteiger partial charge < -0.3 is 18.9 Å². The maximum atomic E-state index is 13.9. The summed E-state index contributed by atoms with van der Waals surface area (Å²) in [4.78, 5) is 21.9. The largest absolute Gasteiger partial charge is 0.497 e. The third-order valence-electron chi connectivity index (χ3n) is 6.37. The van der Waals surface area contributed by atoms with Gasteiger partial charge in [0, 0.05) is 50.4 Å². The first kappa shape index (κ1) is 23.9. The van der Waals surface area contributed by atoms with Gasteiger partial charge in [-0.15, -0.1) is 0 Å². The molecule has 1 unspecified atom stereocenters. The molecule has 3 aromatic rings. The number of piperazine rings is 1. The van der Waals surface area contributed by atoms with Crippen LogP contribution >= 0.6 is 0 Å². The number of halogens is 2. The quantitative estimate of drug-likeness (QED) is 0.523. The lowest BCUT2D eigenvalue weighted by Crippen LogP contribution is -2.50. The SMILES string of the molecule is COc1ccc(OC)c(CN2CCN(C(=O)C(C(C)C)n3cnc4cc(F)c(F)cc43)CC2)c1. The number of rotatable bonds is 7. The van der Waals surface area contributed by atoms with E-state index in [4.69, 9.17) is 9.47 Å². The summed E-state index contributed by atoms with van der Waals surface area (Å²) in [7, 11) is 3.28. The molecule has 7 nitrogen and oxygen atoms in total. The predicted molar refractivity (Wildman–Crippen MR) is 125 cm³/mol. The highest BCUT2D eigenvalue weighted by Crippen LogP contribution is 2.29. The van der Waals surface area contributed by atoms with Crippen molar-refractivity contribution in [3.8, 4) is 11.5 Å². The number of carbonyl (C=O) groups is 1. The molecule has 0 radical (unpaired) electrons. The molecule has 1 fully saturated rings. The summed E-state index contributed by atoms with van der Waals surface area (Å²) in [6.45, 7) is 7.14. The number of ether oxygens (including phenoxy) is 2. The minimum Gasteiger partial charge on any atom is -0.497 e. The zero-order chi connectivity index (χ0) is 24.4. The summed E-state index contributed by atoms with van der Waals surface area (Å²) in [5.41, 5.74) is 1.77. The fourth-order valence-electron chi connectivity index (χ4n) is 4.53. The van der Waals surface area contributed by atoms with E-state index >= 15 is 0 Å². The molecule has 2 heterocycles. The van der Waals surface area contributed by atoms with Crippen LogP contribution in [0.4, 0.5) is 8.78 Å². The molecule has 4 rings (SSSR count). The van der Waals surface area contributed by atoms with Crippen LogP contribution in [0.2, 0.25) is 0 Å². The minimum atomic E-state index is -0.953. The molecule has 2 aromatic carbocycles. The Bertz CT molecular complexity index is 1170. The molecule has 1 aliphatic rings. The number of carbonyl (C=O) groups excluding carboxylic acids is 1.